The fourth-order valence-corrected chi connectivity index (χ4v) is 2.17. The molecule has 11 heteroatoms. The fraction of sp³-hybridized carbons (Fsp3) is 0.118. The number of carbonyl (C=O) groups is 3. The van der Waals surface area contributed by atoms with Gasteiger partial charge < -0.3 is 20.5 Å². The number of phenols is 1. The predicted octanol–water partition coefficient (Wildman–Crippen LogP) is 1.87. The first-order valence-corrected chi connectivity index (χ1v) is 8.10. The van der Waals surface area contributed by atoms with Crippen LogP contribution in [0.3, 0.4) is 0 Å². The molecule has 0 fully saturated rings. The monoisotopic (exact) mass is 407 g/mol. The molecule has 2 rings (SSSR count). The minimum atomic E-state index is -0.877. The highest BCUT2D eigenvalue weighted by Crippen LogP contribution is 2.24. The van der Waals surface area contributed by atoms with E-state index < -0.39 is 41.5 Å². The van der Waals surface area contributed by atoms with Crippen LogP contribution in [0.1, 0.15) is 10.4 Å². The number of phenolic OH excluding ortho intramolecular Hbond substituents is 1. The van der Waals surface area contributed by atoms with E-state index in [1.165, 1.54) is 36.4 Å². The van der Waals surface area contributed by atoms with Crippen molar-refractivity contribution in [3.63, 3.8) is 0 Å². The van der Waals surface area contributed by atoms with E-state index in [1.54, 1.807) is 0 Å². The van der Waals surface area contributed by atoms with Gasteiger partial charge in [-0.3, -0.25) is 24.5 Å². The molecule has 2 amide bonds. The standard InChI is InChI=1S/C17H14ClN3O7/c18-13-6-1-10(7-14(13)21(26)27)17(25)19-8-16(24)28-9-15(23)20-11-2-4-12(22)5-3-11/h1-7,22H,8-9H2,(H,19,25)(H,20,23). The smallest absolute Gasteiger partial charge is 0.325 e. The summed E-state index contributed by atoms with van der Waals surface area (Å²) in [6.07, 6.45) is 0. The molecule has 3 N–H and O–H groups in total. The van der Waals surface area contributed by atoms with Crippen LogP contribution in [0.2, 0.25) is 5.02 Å². The molecule has 2 aromatic carbocycles. The SMILES string of the molecule is O=C(COC(=O)CNC(=O)c1ccc(Cl)c([N+](=O)[O-])c1)Nc1ccc(O)cc1. The van der Waals surface area contributed by atoms with Gasteiger partial charge in [0, 0.05) is 17.3 Å². The van der Waals surface area contributed by atoms with E-state index >= 15 is 0 Å². The molecule has 0 spiro atoms. The van der Waals surface area contributed by atoms with E-state index in [9.17, 15) is 24.5 Å². The average molecular weight is 408 g/mol. The number of nitro groups is 1. The van der Waals surface area contributed by atoms with Crippen LogP contribution >= 0.6 is 11.6 Å². The fourth-order valence-electron chi connectivity index (χ4n) is 1.99. The van der Waals surface area contributed by atoms with Crippen molar-refractivity contribution in [2.24, 2.45) is 0 Å². The highest BCUT2D eigenvalue weighted by Gasteiger charge is 2.17. The lowest BCUT2D eigenvalue weighted by atomic mass is 10.2. The van der Waals surface area contributed by atoms with Gasteiger partial charge in [0.1, 0.15) is 17.3 Å². The number of nitrogens with one attached hydrogen (secondary N) is 2. The number of halogens is 1. The Morgan fingerprint density at radius 3 is 2.46 bits per heavy atom. The molecular weight excluding hydrogens is 394 g/mol. The number of rotatable bonds is 7. The minimum Gasteiger partial charge on any atom is -0.508 e. The molecule has 0 saturated heterocycles. The maximum atomic E-state index is 12.0. The normalized spacial score (nSPS) is 10.0. The van der Waals surface area contributed by atoms with Gasteiger partial charge in [-0.2, -0.15) is 0 Å². The van der Waals surface area contributed by atoms with Crippen molar-refractivity contribution in [1.82, 2.24) is 5.32 Å². The number of benzene rings is 2. The largest absolute Gasteiger partial charge is 0.508 e. The third-order valence-electron chi connectivity index (χ3n) is 3.31. The van der Waals surface area contributed by atoms with Crippen LogP contribution in [0.4, 0.5) is 11.4 Å². The van der Waals surface area contributed by atoms with E-state index in [1.807, 2.05) is 0 Å². The number of anilines is 1. The molecule has 0 aliphatic heterocycles. The quantitative estimate of drug-likeness (QED) is 0.274. The van der Waals surface area contributed by atoms with Crippen molar-refractivity contribution in [3.05, 3.63) is 63.2 Å². The molecule has 0 radical (unpaired) electrons. The van der Waals surface area contributed by atoms with E-state index in [4.69, 9.17) is 21.4 Å². The van der Waals surface area contributed by atoms with Gasteiger partial charge in [-0.25, -0.2) is 0 Å². The summed E-state index contributed by atoms with van der Waals surface area (Å²) in [6, 6.07) is 9.10. The number of nitrogens with zero attached hydrogens (tertiary/aromatic N) is 1. The molecule has 0 bridgehead atoms. The van der Waals surface area contributed by atoms with E-state index in [-0.39, 0.29) is 16.3 Å². The van der Waals surface area contributed by atoms with Gasteiger partial charge in [-0.1, -0.05) is 11.6 Å². The number of hydrogen-bond acceptors (Lipinski definition) is 7. The van der Waals surface area contributed by atoms with Gasteiger partial charge in [0.15, 0.2) is 6.61 Å². The molecule has 0 heterocycles. The second-order valence-corrected chi connectivity index (χ2v) is 5.77. The van der Waals surface area contributed by atoms with Crippen molar-refractivity contribution >= 4 is 40.8 Å². The van der Waals surface area contributed by atoms with Crippen molar-refractivity contribution in [2.75, 3.05) is 18.5 Å². The van der Waals surface area contributed by atoms with Gasteiger partial charge >= 0.3 is 5.97 Å². The number of aromatic hydroxyl groups is 1. The van der Waals surface area contributed by atoms with Crippen LogP contribution in [0, 0.1) is 10.1 Å². The third-order valence-corrected chi connectivity index (χ3v) is 3.63. The summed E-state index contributed by atoms with van der Waals surface area (Å²) in [7, 11) is 0. The van der Waals surface area contributed by atoms with E-state index in [0.29, 0.717) is 5.69 Å². The number of ether oxygens (including phenoxy) is 1. The van der Waals surface area contributed by atoms with Crippen LogP contribution in [0.5, 0.6) is 5.75 Å². The summed E-state index contributed by atoms with van der Waals surface area (Å²) in [5.41, 5.74) is -0.103. The third kappa shape index (κ3) is 5.95. The van der Waals surface area contributed by atoms with Crippen LogP contribution in [-0.2, 0) is 14.3 Å². The predicted molar refractivity (Wildman–Crippen MR) is 98.1 cm³/mol. The Morgan fingerprint density at radius 2 is 1.82 bits per heavy atom. The maximum absolute atomic E-state index is 12.0. The average Bonchev–Trinajstić information content (AvgIpc) is 2.66. The van der Waals surface area contributed by atoms with Crippen molar-refractivity contribution in [2.45, 2.75) is 0 Å². The number of carbonyl (C=O) groups excluding carboxylic acids is 3. The first kappa shape index (κ1) is 20.6. The zero-order chi connectivity index (χ0) is 20.7. The molecule has 0 unspecified atom stereocenters. The first-order valence-electron chi connectivity index (χ1n) is 7.73. The second kappa shape index (κ2) is 9.33. The number of nitro benzene ring substituents is 1. The van der Waals surface area contributed by atoms with Crippen molar-refractivity contribution in [1.29, 1.82) is 0 Å². The number of amides is 2. The molecule has 10 nitrogen and oxygen atoms in total. The minimum absolute atomic E-state index is 0.0335. The molecule has 0 saturated carbocycles. The lowest BCUT2D eigenvalue weighted by molar-refractivity contribution is -0.384. The molecule has 0 aliphatic carbocycles. The molecule has 0 atom stereocenters. The Hall–Kier alpha value is -3.66. The molecule has 146 valence electrons. The van der Waals surface area contributed by atoms with Crippen LogP contribution in [-0.4, -0.2) is 41.0 Å². The first-order chi connectivity index (χ1) is 13.3. The molecular formula is C17H14ClN3O7. The lowest BCUT2D eigenvalue weighted by Crippen LogP contribution is -2.32. The highest BCUT2D eigenvalue weighted by molar-refractivity contribution is 6.32. The zero-order valence-electron chi connectivity index (χ0n) is 14.2. The number of esters is 1. The van der Waals surface area contributed by atoms with Crippen molar-refractivity contribution < 1.29 is 29.2 Å². The molecule has 0 aromatic heterocycles. The van der Waals surface area contributed by atoms with Crippen LogP contribution in [0.25, 0.3) is 0 Å². The Balaban J connectivity index is 1.79. The Morgan fingerprint density at radius 1 is 1.14 bits per heavy atom. The van der Waals surface area contributed by atoms with Gasteiger partial charge in [0.25, 0.3) is 17.5 Å². The number of hydrogen-bond donors (Lipinski definition) is 3. The van der Waals surface area contributed by atoms with E-state index in [0.717, 1.165) is 6.07 Å². The zero-order valence-corrected chi connectivity index (χ0v) is 14.9. The Labute approximate surface area is 163 Å². The van der Waals surface area contributed by atoms with Gasteiger partial charge in [0.05, 0.1) is 4.92 Å². The Bertz CT molecular complexity index is 915. The van der Waals surface area contributed by atoms with Gasteiger partial charge in [-0.15, -0.1) is 0 Å². The molecule has 2 aromatic rings. The summed E-state index contributed by atoms with van der Waals surface area (Å²) in [4.78, 5) is 45.4. The topological polar surface area (TPSA) is 148 Å². The summed E-state index contributed by atoms with van der Waals surface area (Å²) in [5.74, 6) is -2.20. The molecule has 0 aliphatic rings. The summed E-state index contributed by atoms with van der Waals surface area (Å²) < 4.78 is 4.72. The summed E-state index contributed by atoms with van der Waals surface area (Å²) >= 11 is 5.66. The van der Waals surface area contributed by atoms with Gasteiger partial charge in [-0.05, 0) is 36.4 Å². The van der Waals surface area contributed by atoms with Crippen LogP contribution in [0.15, 0.2) is 42.5 Å². The van der Waals surface area contributed by atoms with Crippen LogP contribution < -0.4 is 10.6 Å². The lowest BCUT2D eigenvalue weighted by Gasteiger charge is -2.08. The second-order valence-electron chi connectivity index (χ2n) is 5.36. The molecule has 28 heavy (non-hydrogen) atoms. The maximum Gasteiger partial charge on any atom is 0.325 e. The highest BCUT2D eigenvalue weighted by atomic mass is 35.5. The van der Waals surface area contributed by atoms with Crippen molar-refractivity contribution in [3.8, 4) is 5.75 Å². The summed E-state index contributed by atoms with van der Waals surface area (Å²) in [5, 5.41) is 24.5. The Kier molecular flexibility index (Phi) is 6.88. The van der Waals surface area contributed by atoms with E-state index in [2.05, 4.69) is 10.6 Å². The summed E-state index contributed by atoms with van der Waals surface area (Å²) in [6.45, 7) is -1.12. The van der Waals surface area contributed by atoms with Gasteiger partial charge in [0.2, 0.25) is 0 Å².